The van der Waals surface area contributed by atoms with Crippen molar-refractivity contribution in [1.82, 2.24) is 5.32 Å². The number of rotatable bonds is 10. The Morgan fingerprint density at radius 3 is 2.00 bits per heavy atom. The molecule has 1 unspecified atom stereocenters. The van der Waals surface area contributed by atoms with Crippen molar-refractivity contribution in [2.45, 2.75) is 77.4 Å². The van der Waals surface area contributed by atoms with E-state index in [0.717, 1.165) is 25.7 Å². The molecule has 0 aliphatic rings. The van der Waals surface area contributed by atoms with Crippen molar-refractivity contribution < 1.29 is 13.2 Å². The monoisotopic (exact) mass is 253 g/mol. The van der Waals surface area contributed by atoms with E-state index in [2.05, 4.69) is 12.2 Å². The summed E-state index contributed by atoms with van der Waals surface area (Å²) in [4.78, 5) is 0. The smallest absolute Gasteiger partial charge is 0.306 e. The van der Waals surface area contributed by atoms with Crippen LogP contribution in [0.5, 0.6) is 0 Å². The van der Waals surface area contributed by atoms with Crippen molar-refractivity contribution in [2.75, 3.05) is 6.54 Å². The highest BCUT2D eigenvalue weighted by atomic mass is 19.4. The minimum atomic E-state index is -4.10. The fourth-order valence-corrected chi connectivity index (χ4v) is 1.83. The maximum atomic E-state index is 12.6. The molecule has 0 rings (SSSR count). The lowest BCUT2D eigenvalue weighted by Crippen LogP contribution is -2.42. The third-order valence-electron chi connectivity index (χ3n) is 2.88. The molecule has 0 fully saturated rings. The van der Waals surface area contributed by atoms with Gasteiger partial charge in [-0.3, -0.25) is 0 Å². The molecular formula is C13H26F3N. The molecule has 17 heavy (non-hydrogen) atoms. The molecule has 0 aromatic heterocycles. The summed E-state index contributed by atoms with van der Waals surface area (Å²) in [6, 6.07) is -1.31. The number of nitrogens with one attached hydrogen (secondary N) is 1. The summed E-state index contributed by atoms with van der Waals surface area (Å²) in [6.07, 6.45) is 3.02. The Morgan fingerprint density at radius 1 is 0.882 bits per heavy atom. The molecule has 0 saturated carbocycles. The second-order valence-corrected chi connectivity index (χ2v) is 4.60. The Labute approximate surface area is 103 Å². The molecule has 0 spiro atoms. The van der Waals surface area contributed by atoms with Crippen LogP contribution in [-0.4, -0.2) is 18.8 Å². The van der Waals surface area contributed by atoms with Crippen LogP contribution in [0.1, 0.15) is 65.2 Å². The van der Waals surface area contributed by atoms with E-state index in [-0.39, 0.29) is 6.42 Å². The fraction of sp³-hybridized carbons (Fsp3) is 1.00. The van der Waals surface area contributed by atoms with E-state index in [4.69, 9.17) is 0 Å². The van der Waals surface area contributed by atoms with Gasteiger partial charge in [-0.2, -0.15) is 13.2 Å². The van der Waals surface area contributed by atoms with Crippen LogP contribution >= 0.6 is 0 Å². The summed E-state index contributed by atoms with van der Waals surface area (Å²) >= 11 is 0. The van der Waals surface area contributed by atoms with E-state index in [0.29, 0.717) is 13.0 Å². The molecule has 104 valence electrons. The Hall–Kier alpha value is -0.250. The van der Waals surface area contributed by atoms with Gasteiger partial charge in [0, 0.05) is 0 Å². The van der Waals surface area contributed by atoms with E-state index >= 15 is 0 Å². The topological polar surface area (TPSA) is 12.0 Å². The van der Waals surface area contributed by atoms with Crippen LogP contribution in [0.3, 0.4) is 0 Å². The summed E-state index contributed by atoms with van der Waals surface area (Å²) in [5.74, 6) is 0. The van der Waals surface area contributed by atoms with E-state index in [1.807, 2.05) is 6.92 Å². The molecule has 0 aromatic carbocycles. The highest BCUT2D eigenvalue weighted by Gasteiger charge is 2.38. The van der Waals surface area contributed by atoms with Gasteiger partial charge in [-0.05, 0) is 19.4 Å². The maximum absolute atomic E-state index is 12.6. The summed E-state index contributed by atoms with van der Waals surface area (Å²) < 4.78 is 37.8. The molecule has 0 amide bonds. The minimum absolute atomic E-state index is 0.218. The number of halogens is 3. The third kappa shape index (κ3) is 9.45. The molecule has 0 radical (unpaired) electrons. The van der Waals surface area contributed by atoms with E-state index in [1.165, 1.54) is 12.8 Å². The number of hydrogen-bond donors (Lipinski definition) is 1. The second kappa shape index (κ2) is 9.75. The van der Waals surface area contributed by atoms with Gasteiger partial charge in [0.1, 0.15) is 6.04 Å². The van der Waals surface area contributed by atoms with Crippen molar-refractivity contribution in [3.05, 3.63) is 0 Å². The molecule has 0 bridgehead atoms. The van der Waals surface area contributed by atoms with Crippen molar-refractivity contribution in [3.8, 4) is 0 Å². The van der Waals surface area contributed by atoms with Crippen molar-refractivity contribution in [1.29, 1.82) is 0 Å². The molecule has 4 heteroatoms. The Morgan fingerprint density at radius 2 is 1.47 bits per heavy atom. The number of hydrogen-bond acceptors (Lipinski definition) is 1. The largest absolute Gasteiger partial charge is 0.403 e. The van der Waals surface area contributed by atoms with Crippen LogP contribution in [-0.2, 0) is 0 Å². The molecule has 0 saturated heterocycles. The molecule has 0 aliphatic carbocycles. The van der Waals surface area contributed by atoms with Gasteiger partial charge in [-0.1, -0.05) is 52.4 Å². The standard InChI is InChI=1S/C13H26F3N/c1-3-5-6-7-8-9-10-12(13(14,15)16)17-11-4-2/h12,17H,3-11H2,1-2H3. The van der Waals surface area contributed by atoms with Crippen molar-refractivity contribution >= 4 is 0 Å². The summed E-state index contributed by atoms with van der Waals surface area (Å²) in [5.41, 5.74) is 0. The van der Waals surface area contributed by atoms with Gasteiger partial charge in [0.2, 0.25) is 0 Å². The van der Waals surface area contributed by atoms with Crippen molar-refractivity contribution in [2.24, 2.45) is 0 Å². The summed E-state index contributed by atoms with van der Waals surface area (Å²) in [7, 11) is 0. The van der Waals surface area contributed by atoms with Gasteiger partial charge in [0.15, 0.2) is 0 Å². The molecule has 0 aromatic rings. The van der Waals surface area contributed by atoms with E-state index in [9.17, 15) is 13.2 Å². The minimum Gasteiger partial charge on any atom is -0.306 e. The first-order valence-electron chi connectivity index (χ1n) is 6.82. The second-order valence-electron chi connectivity index (χ2n) is 4.60. The van der Waals surface area contributed by atoms with E-state index in [1.54, 1.807) is 0 Å². The SMILES string of the molecule is CCCCCCCCC(NCCC)C(F)(F)F. The zero-order valence-corrected chi connectivity index (χ0v) is 11.1. The molecule has 1 N–H and O–H groups in total. The van der Waals surface area contributed by atoms with Gasteiger partial charge >= 0.3 is 6.18 Å². The normalized spacial score (nSPS) is 13.9. The maximum Gasteiger partial charge on any atom is 0.403 e. The Balaban J connectivity index is 3.69. The lowest BCUT2D eigenvalue weighted by atomic mass is 10.1. The highest BCUT2D eigenvalue weighted by Crippen LogP contribution is 2.24. The molecular weight excluding hydrogens is 227 g/mol. The Bertz CT molecular complexity index is 169. The zero-order chi connectivity index (χ0) is 13.1. The molecule has 0 heterocycles. The predicted molar refractivity (Wildman–Crippen MR) is 66.1 cm³/mol. The van der Waals surface area contributed by atoms with Gasteiger partial charge < -0.3 is 5.32 Å². The Kier molecular flexibility index (Phi) is 9.60. The average molecular weight is 253 g/mol. The van der Waals surface area contributed by atoms with Crippen molar-refractivity contribution in [3.63, 3.8) is 0 Å². The van der Waals surface area contributed by atoms with Crippen LogP contribution < -0.4 is 5.32 Å². The summed E-state index contributed by atoms with van der Waals surface area (Å²) in [5, 5.41) is 2.59. The van der Waals surface area contributed by atoms with Crippen LogP contribution in [0.4, 0.5) is 13.2 Å². The zero-order valence-electron chi connectivity index (χ0n) is 11.1. The van der Waals surface area contributed by atoms with Gasteiger partial charge in [0.25, 0.3) is 0 Å². The van der Waals surface area contributed by atoms with Gasteiger partial charge in [-0.15, -0.1) is 0 Å². The first kappa shape index (κ1) is 16.8. The first-order valence-corrected chi connectivity index (χ1v) is 6.82. The van der Waals surface area contributed by atoms with Crippen LogP contribution in [0.25, 0.3) is 0 Å². The number of unbranched alkanes of at least 4 members (excludes halogenated alkanes) is 5. The first-order chi connectivity index (χ1) is 8.02. The quantitative estimate of drug-likeness (QED) is 0.558. The fourth-order valence-electron chi connectivity index (χ4n) is 1.83. The molecule has 0 aliphatic heterocycles. The average Bonchev–Trinajstić information content (AvgIpc) is 2.25. The van der Waals surface area contributed by atoms with Crippen LogP contribution in [0.2, 0.25) is 0 Å². The lowest BCUT2D eigenvalue weighted by Gasteiger charge is -2.21. The highest BCUT2D eigenvalue weighted by molar-refractivity contribution is 4.74. The van der Waals surface area contributed by atoms with Crippen LogP contribution in [0, 0.1) is 0 Å². The van der Waals surface area contributed by atoms with Gasteiger partial charge in [-0.25, -0.2) is 0 Å². The molecule has 1 nitrogen and oxygen atoms in total. The lowest BCUT2D eigenvalue weighted by molar-refractivity contribution is -0.157. The predicted octanol–water partition coefficient (Wildman–Crippen LogP) is 4.67. The van der Waals surface area contributed by atoms with Crippen LogP contribution in [0.15, 0.2) is 0 Å². The van der Waals surface area contributed by atoms with Gasteiger partial charge in [0.05, 0.1) is 0 Å². The number of alkyl halides is 3. The summed E-state index contributed by atoms with van der Waals surface area (Å²) in [6.45, 7) is 4.46. The van der Waals surface area contributed by atoms with E-state index < -0.39 is 12.2 Å². The third-order valence-corrected chi connectivity index (χ3v) is 2.88. The molecule has 1 atom stereocenters.